The Morgan fingerprint density at radius 3 is 3.09 bits per heavy atom. The van der Waals surface area contributed by atoms with Crippen LogP contribution < -0.4 is 0 Å². The lowest BCUT2D eigenvalue weighted by molar-refractivity contribution is -0.133. The van der Waals surface area contributed by atoms with Gasteiger partial charge in [-0.1, -0.05) is 15.9 Å². The van der Waals surface area contributed by atoms with E-state index in [0.29, 0.717) is 19.5 Å². The van der Waals surface area contributed by atoms with E-state index < -0.39 is 0 Å². The normalized spacial score (nSPS) is 23.3. The molecule has 2 heterocycles. The molecule has 7 heteroatoms. The van der Waals surface area contributed by atoms with Crippen LogP contribution in [0, 0.1) is 11.7 Å². The third kappa shape index (κ3) is 2.33. The zero-order valence-electron chi connectivity index (χ0n) is 11.7. The van der Waals surface area contributed by atoms with E-state index in [2.05, 4.69) is 31.1 Å². The molecule has 1 aromatic heterocycles. The van der Waals surface area contributed by atoms with Crippen molar-refractivity contribution in [2.45, 2.75) is 25.3 Å². The first kappa shape index (κ1) is 13.9. The van der Waals surface area contributed by atoms with Gasteiger partial charge in [-0.3, -0.25) is 9.89 Å². The van der Waals surface area contributed by atoms with Crippen molar-refractivity contribution in [2.24, 2.45) is 5.92 Å². The number of aromatic amines is 1. The van der Waals surface area contributed by atoms with E-state index in [0.717, 1.165) is 27.8 Å². The average Bonchev–Trinajstić information content (AvgIpc) is 3.11. The second-order valence-corrected chi connectivity index (χ2v) is 6.71. The molecular formula is C15H14BrFN4O. The van der Waals surface area contributed by atoms with Gasteiger partial charge in [0.15, 0.2) is 0 Å². The molecule has 1 saturated carbocycles. The van der Waals surface area contributed by atoms with Crippen LogP contribution in [0.3, 0.4) is 0 Å². The second kappa shape index (κ2) is 5.15. The van der Waals surface area contributed by atoms with Gasteiger partial charge in [-0.15, -0.1) is 0 Å². The van der Waals surface area contributed by atoms with E-state index in [9.17, 15) is 9.18 Å². The standard InChI is InChI=1S/C15H14BrFN4O/c16-13-4-9(17)3-8-1-2-21(6-12(8)13)15(22)11-5-10(11)14-18-7-19-20-14/h3-4,7,10-11H,1-2,5-6H2,(H,18,19,20)/t10-,11-/m1/s1. The maximum Gasteiger partial charge on any atom is 0.226 e. The van der Waals surface area contributed by atoms with E-state index in [1.165, 1.54) is 12.4 Å². The number of carbonyl (C=O) groups excluding carboxylic acids is 1. The average molecular weight is 365 g/mol. The minimum absolute atomic E-state index is 0.00581. The van der Waals surface area contributed by atoms with Crippen molar-refractivity contribution in [1.29, 1.82) is 0 Å². The predicted octanol–water partition coefficient (Wildman–Crippen LogP) is 2.39. The first-order valence-corrected chi connectivity index (χ1v) is 8.03. The molecule has 1 aliphatic carbocycles. The summed E-state index contributed by atoms with van der Waals surface area (Å²) in [5, 5.41) is 6.67. The predicted molar refractivity (Wildman–Crippen MR) is 80.5 cm³/mol. The zero-order valence-corrected chi connectivity index (χ0v) is 13.3. The van der Waals surface area contributed by atoms with Gasteiger partial charge in [0.2, 0.25) is 5.91 Å². The first-order chi connectivity index (χ1) is 10.6. The number of hydrogen-bond donors (Lipinski definition) is 1. The Kier molecular flexibility index (Phi) is 3.25. The molecule has 1 aliphatic heterocycles. The monoisotopic (exact) mass is 364 g/mol. The quantitative estimate of drug-likeness (QED) is 0.889. The number of benzene rings is 1. The van der Waals surface area contributed by atoms with E-state index in [4.69, 9.17) is 0 Å². The number of hydrogen-bond acceptors (Lipinski definition) is 3. The van der Waals surface area contributed by atoms with Gasteiger partial charge < -0.3 is 4.90 Å². The second-order valence-electron chi connectivity index (χ2n) is 5.85. The number of fused-ring (bicyclic) bond motifs is 1. The number of rotatable bonds is 2. The Morgan fingerprint density at radius 1 is 1.45 bits per heavy atom. The highest BCUT2D eigenvalue weighted by Gasteiger charge is 2.48. The molecular weight excluding hydrogens is 351 g/mol. The molecule has 2 atom stereocenters. The third-order valence-corrected chi connectivity index (χ3v) is 5.16. The molecule has 22 heavy (non-hydrogen) atoms. The summed E-state index contributed by atoms with van der Waals surface area (Å²) in [6.07, 6.45) is 2.98. The molecule has 114 valence electrons. The lowest BCUT2D eigenvalue weighted by Crippen LogP contribution is -2.37. The van der Waals surface area contributed by atoms with Gasteiger partial charge in [-0.05, 0) is 36.1 Å². The molecule has 1 N–H and O–H groups in total. The maximum absolute atomic E-state index is 13.4. The molecule has 1 aromatic carbocycles. The smallest absolute Gasteiger partial charge is 0.226 e. The van der Waals surface area contributed by atoms with Crippen LogP contribution in [0.4, 0.5) is 4.39 Å². The largest absolute Gasteiger partial charge is 0.338 e. The highest BCUT2D eigenvalue weighted by atomic mass is 79.9. The summed E-state index contributed by atoms with van der Waals surface area (Å²) in [6.45, 7) is 1.18. The lowest BCUT2D eigenvalue weighted by Gasteiger charge is -2.30. The molecule has 2 aromatic rings. The van der Waals surface area contributed by atoms with Crippen LogP contribution in [0.2, 0.25) is 0 Å². The van der Waals surface area contributed by atoms with E-state index in [-0.39, 0.29) is 23.6 Å². The highest BCUT2D eigenvalue weighted by Crippen LogP contribution is 2.47. The van der Waals surface area contributed by atoms with Gasteiger partial charge >= 0.3 is 0 Å². The van der Waals surface area contributed by atoms with Crippen molar-refractivity contribution in [3.8, 4) is 0 Å². The first-order valence-electron chi connectivity index (χ1n) is 7.24. The van der Waals surface area contributed by atoms with Crippen molar-refractivity contribution < 1.29 is 9.18 Å². The molecule has 1 fully saturated rings. The van der Waals surface area contributed by atoms with E-state index >= 15 is 0 Å². The molecule has 5 nitrogen and oxygen atoms in total. The van der Waals surface area contributed by atoms with Crippen LogP contribution in [0.5, 0.6) is 0 Å². The number of amides is 1. The Bertz CT molecular complexity index is 733. The van der Waals surface area contributed by atoms with Crippen LogP contribution in [0.25, 0.3) is 0 Å². The summed E-state index contributed by atoms with van der Waals surface area (Å²) in [7, 11) is 0. The summed E-state index contributed by atoms with van der Waals surface area (Å²) >= 11 is 3.40. The van der Waals surface area contributed by atoms with Crippen molar-refractivity contribution in [2.75, 3.05) is 6.54 Å². The van der Waals surface area contributed by atoms with E-state index in [1.54, 1.807) is 6.07 Å². The van der Waals surface area contributed by atoms with Crippen molar-refractivity contribution in [3.63, 3.8) is 0 Å². The molecule has 0 radical (unpaired) electrons. The number of carbonyl (C=O) groups is 1. The Hall–Kier alpha value is -1.76. The summed E-state index contributed by atoms with van der Waals surface area (Å²) in [4.78, 5) is 18.6. The van der Waals surface area contributed by atoms with E-state index in [1.807, 2.05) is 4.90 Å². The fourth-order valence-corrected chi connectivity index (χ4v) is 3.77. The molecule has 2 aliphatic rings. The Labute approximate surface area is 135 Å². The number of aromatic nitrogens is 3. The third-order valence-electron chi connectivity index (χ3n) is 4.46. The summed E-state index contributed by atoms with van der Waals surface area (Å²) in [5.41, 5.74) is 2.00. The molecule has 0 bridgehead atoms. The SMILES string of the molecule is O=C([C@@H]1C[C@H]1c1ncn[nH]1)N1CCc2cc(F)cc(Br)c2C1. The number of halogens is 2. The highest BCUT2D eigenvalue weighted by molar-refractivity contribution is 9.10. The fourth-order valence-electron chi connectivity index (χ4n) is 3.17. The van der Waals surface area contributed by atoms with Crippen molar-refractivity contribution in [1.82, 2.24) is 20.1 Å². The van der Waals surface area contributed by atoms with Gasteiger partial charge in [0.25, 0.3) is 0 Å². The Morgan fingerprint density at radius 2 is 2.32 bits per heavy atom. The van der Waals surface area contributed by atoms with Gasteiger partial charge in [-0.2, -0.15) is 5.10 Å². The molecule has 0 saturated heterocycles. The molecule has 0 spiro atoms. The summed E-state index contributed by atoms with van der Waals surface area (Å²) < 4.78 is 14.2. The van der Waals surface area contributed by atoms with Crippen LogP contribution in [0.15, 0.2) is 22.9 Å². The summed E-state index contributed by atoms with van der Waals surface area (Å²) in [5.74, 6) is 0.863. The molecule has 0 unspecified atom stereocenters. The molecule has 1 amide bonds. The maximum atomic E-state index is 13.4. The lowest BCUT2D eigenvalue weighted by atomic mass is 9.99. The van der Waals surface area contributed by atoms with Crippen LogP contribution in [-0.4, -0.2) is 32.5 Å². The summed E-state index contributed by atoms with van der Waals surface area (Å²) in [6, 6.07) is 3.03. The fraction of sp³-hybridized carbons (Fsp3) is 0.400. The van der Waals surface area contributed by atoms with Crippen molar-refractivity contribution in [3.05, 3.63) is 45.7 Å². The van der Waals surface area contributed by atoms with Gasteiger partial charge in [0, 0.05) is 29.4 Å². The topological polar surface area (TPSA) is 61.9 Å². The number of nitrogens with one attached hydrogen (secondary N) is 1. The number of H-pyrrole nitrogens is 1. The Balaban J connectivity index is 1.50. The van der Waals surface area contributed by atoms with Crippen LogP contribution >= 0.6 is 15.9 Å². The van der Waals surface area contributed by atoms with Crippen molar-refractivity contribution >= 4 is 21.8 Å². The number of nitrogens with zero attached hydrogens (tertiary/aromatic N) is 3. The van der Waals surface area contributed by atoms with Gasteiger partial charge in [0.05, 0.1) is 0 Å². The minimum Gasteiger partial charge on any atom is -0.338 e. The molecule has 4 rings (SSSR count). The minimum atomic E-state index is -0.238. The van der Waals surface area contributed by atoms with Crippen LogP contribution in [-0.2, 0) is 17.8 Å². The van der Waals surface area contributed by atoms with Gasteiger partial charge in [-0.25, -0.2) is 9.37 Å². The zero-order chi connectivity index (χ0) is 15.3. The van der Waals surface area contributed by atoms with Gasteiger partial charge in [0.1, 0.15) is 18.0 Å². The van der Waals surface area contributed by atoms with Crippen LogP contribution in [0.1, 0.15) is 29.3 Å².